The molecule has 37 heavy (non-hydrogen) atoms. The highest BCUT2D eigenvalue weighted by Gasteiger charge is 2.40. The lowest BCUT2D eigenvalue weighted by molar-refractivity contribution is -0.145. The maximum atomic E-state index is 13.6. The van der Waals surface area contributed by atoms with Gasteiger partial charge in [0.05, 0.1) is 34.0 Å². The highest BCUT2D eigenvalue weighted by Crippen LogP contribution is 2.17. The van der Waals surface area contributed by atoms with Crippen LogP contribution in [0.2, 0.25) is 0 Å². The number of hydrogen-bond acceptors (Lipinski definition) is 7. The molecule has 2 unspecified atom stereocenters. The first-order valence-corrected chi connectivity index (χ1v) is 12.4. The maximum Gasteiger partial charge on any atom is 0.328 e. The third-order valence-electron chi connectivity index (χ3n) is 6.31. The van der Waals surface area contributed by atoms with E-state index < -0.39 is 24.0 Å². The third kappa shape index (κ3) is 7.48. The number of carbonyl (C=O) groups excluding carboxylic acids is 4. The highest BCUT2D eigenvalue weighted by atomic mass is 16.5. The molecule has 2 saturated heterocycles. The Morgan fingerprint density at radius 1 is 0.973 bits per heavy atom. The Balaban J connectivity index is 1.79. The number of nitrogens with one attached hydrogen (secondary N) is 2. The number of morpholine rings is 1. The van der Waals surface area contributed by atoms with E-state index in [1.165, 1.54) is 16.9 Å². The van der Waals surface area contributed by atoms with Gasteiger partial charge in [-0.3, -0.25) is 4.79 Å². The highest BCUT2D eigenvalue weighted by molar-refractivity contribution is 5.91. The SMILES string of the molecule is COC(=O)C(Cc1ccc(OC)cc1)NC(=O)C1CN(C(=O)NC(C)C)CCN1C(=O)N1CCOCC1. The molecule has 1 aromatic rings. The van der Waals surface area contributed by atoms with Crippen LogP contribution in [-0.4, -0.2) is 117 Å². The Morgan fingerprint density at radius 3 is 2.24 bits per heavy atom. The number of benzene rings is 1. The van der Waals surface area contributed by atoms with E-state index in [9.17, 15) is 19.2 Å². The molecule has 2 fully saturated rings. The number of esters is 1. The summed E-state index contributed by atoms with van der Waals surface area (Å²) >= 11 is 0. The Morgan fingerprint density at radius 2 is 1.65 bits per heavy atom. The summed E-state index contributed by atoms with van der Waals surface area (Å²) in [6.45, 7) is 5.84. The summed E-state index contributed by atoms with van der Waals surface area (Å²) in [5.41, 5.74) is 0.791. The van der Waals surface area contributed by atoms with Crippen LogP contribution in [0, 0.1) is 0 Å². The van der Waals surface area contributed by atoms with Crippen LogP contribution in [0.25, 0.3) is 0 Å². The second-order valence-electron chi connectivity index (χ2n) is 9.28. The van der Waals surface area contributed by atoms with Gasteiger partial charge >= 0.3 is 18.0 Å². The molecule has 1 aromatic carbocycles. The zero-order valence-corrected chi connectivity index (χ0v) is 21.9. The molecule has 3 rings (SSSR count). The van der Waals surface area contributed by atoms with Gasteiger partial charge in [-0.2, -0.15) is 0 Å². The van der Waals surface area contributed by atoms with Crippen LogP contribution in [0.5, 0.6) is 5.75 Å². The fourth-order valence-corrected chi connectivity index (χ4v) is 4.30. The van der Waals surface area contributed by atoms with Gasteiger partial charge in [-0.15, -0.1) is 0 Å². The minimum absolute atomic E-state index is 0.00308. The van der Waals surface area contributed by atoms with Crippen LogP contribution < -0.4 is 15.4 Å². The van der Waals surface area contributed by atoms with Gasteiger partial charge in [0.2, 0.25) is 5.91 Å². The van der Waals surface area contributed by atoms with Gasteiger partial charge in [0.15, 0.2) is 0 Å². The molecule has 0 saturated carbocycles. The summed E-state index contributed by atoms with van der Waals surface area (Å²) in [7, 11) is 2.81. The van der Waals surface area contributed by atoms with Gasteiger partial charge in [0.1, 0.15) is 17.8 Å². The number of methoxy groups -OCH3 is 2. The quantitative estimate of drug-likeness (QED) is 0.501. The predicted octanol–water partition coefficient (Wildman–Crippen LogP) is 0.452. The largest absolute Gasteiger partial charge is 0.497 e. The van der Waals surface area contributed by atoms with Gasteiger partial charge in [-0.05, 0) is 31.5 Å². The van der Waals surface area contributed by atoms with Crippen LogP contribution in [0.3, 0.4) is 0 Å². The van der Waals surface area contributed by atoms with Crippen LogP contribution in [0.4, 0.5) is 9.59 Å². The molecule has 12 heteroatoms. The average molecular weight is 520 g/mol. The van der Waals surface area contributed by atoms with E-state index >= 15 is 0 Å². The van der Waals surface area contributed by atoms with E-state index in [1.54, 1.807) is 36.3 Å². The van der Waals surface area contributed by atoms with Crippen molar-refractivity contribution < 1.29 is 33.4 Å². The standard InChI is InChI=1S/C25H37N5O7/c1-17(2)26-24(33)29-9-10-30(25(34)28-11-13-37-14-12-28)21(16-29)22(31)27-20(23(32)36-4)15-18-5-7-19(35-3)8-6-18/h5-8,17,20-21H,9-16H2,1-4H3,(H,26,33)(H,27,31). The molecule has 204 valence electrons. The predicted molar refractivity (Wildman–Crippen MR) is 134 cm³/mol. The number of rotatable bonds is 7. The fraction of sp³-hybridized carbons (Fsp3) is 0.600. The van der Waals surface area contributed by atoms with Crippen LogP contribution >= 0.6 is 0 Å². The fourth-order valence-electron chi connectivity index (χ4n) is 4.30. The van der Waals surface area contributed by atoms with Crippen molar-refractivity contribution in [3.63, 3.8) is 0 Å². The number of ether oxygens (including phenoxy) is 3. The van der Waals surface area contributed by atoms with Crippen molar-refractivity contribution in [3.8, 4) is 5.75 Å². The molecule has 5 amide bonds. The number of amides is 5. The number of piperazine rings is 1. The van der Waals surface area contributed by atoms with E-state index in [0.717, 1.165) is 5.56 Å². The second kappa shape index (κ2) is 13.1. The van der Waals surface area contributed by atoms with E-state index in [2.05, 4.69) is 10.6 Å². The normalized spacial score (nSPS) is 18.7. The lowest BCUT2D eigenvalue weighted by Crippen LogP contribution is -2.66. The van der Waals surface area contributed by atoms with Crippen molar-refractivity contribution in [2.75, 3.05) is 60.2 Å². The summed E-state index contributed by atoms with van der Waals surface area (Å²) in [6, 6.07) is 4.48. The zero-order chi connectivity index (χ0) is 26.9. The summed E-state index contributed by atoms with van der Waals surface area (Å²) in [5, 5.41) is 5.59. The van der Waals surface area contributed by atoms with Crippen molar-refractivity contribution >= 4 is 23.9 Å². The van der Waals surface area contributed by atoms with Crippen LogP contribution in [0.1, 0.15) is 19.4 Å². The van der Waals surface area contributed by atoms with Crippen molar-refractivity contribution in [1.29, 1.82) is 0 Å². The molecule has 12 nitrogen and oxygen atoms in total. The molecular weight excluding hydrogens is 482 g/mol. The van der Waals surface area contributed by atoms with Gasteiger partial charge < -0.3 is 39.5 Å². The number of nitrogens with zero attached hydrogens (tertiary/aromatic N) is 3. The summed E-state index contributed by atoms with van der Waals surface area (Å²) in [4.78, 5) is 56.8. The average Bonchev–Trinajstić information content (AvgIpc) is 2.91. The molecule has 0 spiro atoms. The Kier molecular flexibility index (Phi) is 9.95. The van der Waals surface area contributed by atoms with Crippen LogP contribution in [0.15, 0.2) is 24.3 Å². The zero-order valence-electron chi connectivity index (χ0n) is 21.9. The van der Waals surface area contributed by atoms with E-state index in [0.29, 0.717) is 32.1 Å². The number of hydrogen-bond donors (Lipinski definition) is 2. The first kappa shape index (κ1) is 28.0. The third-order valence-corrected chi connectivity index (χ3v) is 6.31. The Hall–Kier alpha value is -3.54. The smallest absolute Gasteiger partial charge is 0.328 e. The Bertz CT molecular complexity index is 949. The molecule has 0 aliphatic carbocycles. The summed E-state index contributed by atoms with van der Waals surface area (Å²) < 4.78 is 15.5. The van der Waals surface area contributed by atoms with Crippen LogP contribution in [-0.2, 0) is 25.5 Å². The molecule has 0 bridgehead atoms. The van der Waals surface area contributed by atoms with E-state index in [-0.39, 0.29) is 44.2 Å². The molecule has 0 radical (unpaired) electrons. The monoisotopic (exact) mass is 519 g/mol. The summed E-state index contributed by atoms with van der Waals surface area (Å²) in [6.07, 6.45) is 0.185. The Labute approximate surface area is 217 Å². The first-order chi connectivity index (χ1) is 17.7. The molecule has 2 aliphatic heterocycles. The van der Waals surface area contributed by atoms with Crippen molar-refractivity contribution in [2.24, 2.45) is 0 Å². The minimum Gasteiger partial charge on any atom is -0.497 e. The molecule has 2 N–H and O–H groups in total. The second-order valence-corrected chi connectivity index (χ2v) is 9.28. The molecule has 2 aliphatic rings. The van der Waals surface area contributed by atoms with Crippen molar-refractivity contribution in [2.45, 2.75) is 38.4 Å². The minimum atomic E-state index is -0.981. The number of urea groups is 2. The van der Waals surface area contributed by atoms with Gasteiger partial charge in [0, 0.05) is 38.6 Å². The first-order valence-electron chi connectivity index (χ1n) is 12.4. The topological polar surface area (TPSA) is 130 Å². The molecule has 2 heterocycles. The van der Waals surface area contributed by atoms with Gasteiger partial charge in [-0.1, -0.05) is 12.1 Å². The number of carbonyl (C=O) groups is 4. The maximum absolute atomic E-state index is 13.6. The van der Waals surface area contributed by atoms with Gasteiger partial charge in [-0.25, -0.2) is 14.4 Å². The van der Waals surface area contributed by atoms with Crippen molar-refractivity contribution in [1.82, 2.24) is 25.3 Å². The van der Waals surface area contributed by atoms with E-state index in [1.807, 2.05) is 13.8 Å². The lowest BCUT2D eigenvalue weighted by atomic mass is 10.0. The molecular formula is C25H37N5O7. The lowest BCUT2D eigenvalue weighted by Gasteiger charge is -2.43. The molecule has 0 aromatic heterocycles. The van der Waals surface area contributed by atoms with E-state index in [4.69, 9.17) is 14.2 Å². The van der Waals surface area contributed by atoms with Gasteiger partial charge in [0.25, 0.3) is 0 Å². The molecule has 2 atom stereocenters. The van der Waals surface area contributed by atoms with Crippen molar-refractivity contribution in [3.05, 3.63) is 29.8 Å². The summed E-state index contributed by atoms with van der Waals surface area (Å²) in [5.74, 6) is -0.477.